The molecule has 1 aliphatic rings. The maximum absolute atomic E-state index is 10.6. The van der Waals surface area contributed by atoms with Crippen molar-refractivity contribution in [2.24, 2.45) is 5.92 Å². The third-order valence-electron chi connectivity index (χ3n) is 6.53. The Morgan fingerprint density at radius 3 is 1.84 bits per heavy atom. The molecule has 0 aromatic rings. The van der Waals surface area contributed by atoms with Crippen LogP contribution in [0.1, 0.15) is 104 Å². The highest BCUT2D eigenvalue weighted by molar-refractivity contribution is 4.94. The van der Waals surface area contributed by atoms with E-state index in [2.05, 4.69) is 13.8 Å². The Morgan fingerprint density at radius 1 is 0.677 bits per heavy atom. The van der Waals surface area contributed by atoms with E-state index in [9.17, 15) is 20.4 Å². The molecule has 1 rings (SSSR count). The first-order chi connectivity index (χ1) is 15.1. The first-order valence-electron chi connectivity index (χ1n) is 12.9. The standard InChI is InChI=1S/C25H50O6/c1-3-5-6-9-12-15-20(16-13-10-7-8-11-14-18-30-17-4-2)25-24(29)23(28)22(27)21(19-26)31-25/h20-29H,3-19H2,1-2H3/t20-,21-,22+,23+,24-,25?/m1/s1. The van der Waals surface area contributed by atoms with Crippen molar-refractivity contribution in [3.8, 4) is 0 Å². The van der Waals surface area contributed by atoms with Crippen LogP contribution in [-0.4, -0.2) is 70.8 Å². The van der Waals surface area contributed by atoms with Crippen LogP contribution in [0.4, 0.5) is 0 Å². The lowest BCUT2D eigenvalue weighted by Crippen LogP contribution is -2.60. The van der Waals surface area contributed by atoms with E-state index in [0.29, 0.717) is 0 Å². The zero-order chi connectivity index (χ0) is 22.9. The minimum Gasteiger partial charge on any atom is -0.394 e. The molecule has 0 amide bonds. The van der Waals surface area contributed by atoms with Gasteiger partial charge in [0.2, 0.25) is 0 Å². The Balaban J connectivity index is 2.43. The molecule has 6 atom stereocenters. The maximum atomic E-state index is 10.6. The van der Waals surface area contributed by atoms with Crippen molar-refractivity contribution in [1.29, 1.82) is 0 Å². The molecule has 0 aromatic carbocycles. The minimum atomic E-state index is -1.27. The van der Waals surface area contributed by atoms with Gasteiger partial charge in [-0.1, -0.05) is 78.1 Å². The van der Waals surface area contributed by atoms with Crippen LogP contribution in [0.2, 0.25) is 0 Å². The van der Waals surface area contributed by atoms with Crippen LogP contribution in [0.5, 0.6) is 0 Å². The number of unbranched alkanes of at least 4 members (excludes halogenated alkanes) is 9. The van der Waals surface area contributed by atoms with Crippen molar-refractivity contribution in [3.05, 3.63) is 0 Å². The molecule has 6 nitrogen and oxygen atoms in total. The monoisotopic (exact) mass is 446 g/mol. The highest BCUT2D eigenvalue weighted by Gasteiger charge is 2.45. The topological polar surface area (TPSA) is 99.4 Å². The van der Waals surface area contributed by atoms with Crippen LogP contribution in [0.15, 0.2) is 0 Å². The molecule has 31 heavy (non-hydrogen) atoms. The lowest BCUT2D eigenvalue weighted by Gasteiger charge is -2.43. The molecule has 186 valence electrons. The predicted molar refractivity (Wildman–Crippen MR) is 124 cm³/mol. The summed E-state index contributed by atoms with van der Waals surface area (Å²) >= 11 is 0. The number of rotatable bonds is 19. The third kappa shape index (κ3) is 11.4. The van der Waals surface area contributed by atoms with Crippen molar-refractivity contribution in [2.75, 3.05) is 19.8 Å². The molecular weight excluding hydrogens is 396 g/mol. The van der Waals surface area contributed by atoms with E-state index in [1.54, 1.807) is 0 Å². The predicted octanol–water partition coefficient (Wildman–Crippen LogP) is 3.96. The van der Waals surface area contributed by atoms with Gasteiger partial charge in [0, 0.05) is 13.2 Å². The van der Waals surface area contributed by atoms with Gasteiger partial charge in [-0.05, 0) is 31.6 Å². The fraction of sp³-hybridized carbons (Fsp3) is 1.00. The van der Waals surface area contributed by atoms with Gasteiger partial charge >= 0.3 is 0 Å². The molecule has 0 aromatic heterocycles. The first-order valence-corrected chi connectivity index (χ1v) is 12.9. The summed E-state index contributed by atoms with van der Waals surface area (Å²) in [6.45, 7) is 5.70. The summed E-state index contributed by atoms with van der Waals surface area (Å²) in [5.41, 5.74) is 0. The molecule has 0 aliphatic carbocycles. The molecule has 0 spiro atoms. The average molecular weight is 447 g/mol. The summed E-state index contributed by atoms with van der Waals surface area (Å²) in [5, 5.41) is 40.4. The highest BCUT2D eigenvalue weighted by atomic mass is 16.5. The van der Waals surface area contributed by atoms with Gasteiger partial charge < -0.3 is 29.9 Å². The molecular formula is C25H50O6. The Kier molecular flexibility index (Phi) is 16.9. The van der Waals surface area contributed by atoms with Crippen LogP contribution in [-0.2, 0) is 9.47 Å². The van der Waals surface area contributed by atoms with Gasteiger partial charge in [0.05, 0.1) is 12.7 Å². The SMILES string of the molecule is CCCCCCC[C@H](CCCCCCCCOCCC)C1O[C@H](CO)[C@H](O)[C@H](O)[C@H]1O. The zero-order valence-corrected chi connectivity index (χ0v) is 20.1. The van der Waals surface area contributed by atoms with Gasteiger partial charge in [-0.2, -0.15) is 0 Å². The second-order valence-electron chi connectivity index (χ2n) is 9.28. The van der Waals surface area contributed by atoms with E-state index in [-0.39, 0.29) is 12.5 Å². The average Bonchev–Trinajstić information content (AvgIpc) is 2.77. The molecule has 0 radical (unpaired) electrons. The number of aliphatic hydroxyl groups excluding tert-OH is 4. The molecule has 1 heterocycles. The normalized spacial score (nSPS) is 27.5. The van der Waals surface area contributed by atoms with Crippen LogP contribution < -0.4 is 0 Å². The lowest BCUT2D eigenvalue weighted by atomic mass is 9.82. The van der Waals surface area contributed by atoms with Gasteiger partial charge in [0.25, 0.3) is 0 Å². The molecule has 1 unspecified atom stereocenters. The first kappa shape index (κ1) is 28.8. The number of hydrogen-bond acceptors (Lipinski definition) is 6. The molecule has 1 fully saturated rings. The van der Waals surface area contributed by atoms with E-state index in [1.165, 1.54) is 44.9 Å². The van der Waals surface area contributed by atoms with E-state index in [4.69, 9.17) is 9.47 Å². The Labute approximate surface area is 190 Å². The van der Waals surface area contributed by atoms with Crippen LogP contribution in [0.3, 0.4) is 0 Å². The molecule has 0 bridgehead atoms. The van der Waals surface area contributed by atoms with E-state index in [0.717, 1.165) is 58.2 Å². The smallest absolute Gasteiger partial charge is 0.111 e. The molecule has 6 heteroatoms. The van der Waals surface area contributed by atoms with E-state index >= 15 is 0 Å². The van der Waals surface area contributed by atoms with Crippen molar-refractivity contribution in [2.45, 2.75) is 134 Å². The maximum Gasteiger partial charge on any atom is 0.111 e. The van der Waals surface area contributed by atoms with Crippen molar-refractivity contribution in [3.63, 3.8) is 0 Å². The van der Waals surface area contributed by atoms with Crippen molar-refractivity contribution >= 4 is 0 Å². The van der Waals surface area contributed by atoms with E-state index < -0.39 is 30.5 Å². The number of hydrogen-bond donors (Lipinski definition) is 4. The van der Waals surface area contributed by atoms with Crippen molar-refractivity contribution in [1.82, 2.24) is 0 Å². The number of aliphatic hydroxyl groups is 4. The summed E-state index contributed by atoms with van der Waals surface area (Å²) in [5.74, 6) is 0.135. The summed E-state index contributed by atoms with van der Waals surface area (Å²) < 4.78 is 11.4. The summed E-state index contributed by atoms with van der Waals surface area (Å²) in [6, 6.07) is 0. The Hall–Kier alpha value is -0.240. The summed E-state index contributed by atoms with van der Waals surface area (Å²) in [4.78, 5) is 0. The van der Waals surface area contributed by atoms with Gasteiger partial charge in [-0.25, -0.2) is 0 Å². The summed E-state index contributed by atoms with van der Waals surface area (Å²) in [6.07, 6.45) is 10.9. The van der Waals surface area contributed by atoms with Gasteiger partial charge in [-0.3, -0.25) is 0 Å². The Morgan fingerprint density at radius 2 is 1.26 bits per heavy atom. The van der Waals surface area contributed by atoms with Crippen molar-refractivity contribution < 1.29 is 29.9 Å². The van der Waals surface area contributed by atoms with E-state index in [1.807, 2.05) is 0 Å². The molecule has 0 saturated carbocycles. The second-order valence-corrected chi connectivity index (χ2v) is 9.28. The lowest BCUT2D eigenvalue weighted by molar-refractivity contribution is -0.242. The van der Waals surface area contributed by atoms with Gasteiger partial charge in [-0.15, -0.1) is 0 Å². The van der Waals surface area contributed by atoms with Crippen LogP contribution in [0.25, 0.3) is 0 Å². The fourth-order valence-electron chi connectivity index (χ4n) is 4.57. The molecule has 1 saturated heterocycles. The van der Waals surface area contributed by atoms with Crippen LogP contribution in [0, 0.1) is 5.92 Å². The van der Waals surface area contributed by atoms with Crippen LogP contribution >= 0.6 is 0 Å². The summed E-state index contributed by atoms with van der Waals surface area (Å²) in [7, 11) is 0. The largest absolute Gasteiger partial charge is 0.394 e. The second kappa shape index (κ2) is 18.2. The highest BCUT2D eigenvalue weighted by Crippen LogP contribution is 2.32. The quantitative estimate of drug-likeness (QED) is 0.224. The Bertz CT molecular complexity index is 405. The zero-order valence-electron chi connectivity index (χ0n) is 20.1. The van der Waals surface area contributed by atoms with Gasteiger partial charge in [0.15, 0.2) is 0 Å². The fourth-order valence-corrected chi connectivity index (χ4v) is 4.57. The van der Waals surface area contributed by atoms with Gasteiger partial charge in [0.1, 0.15) is 24.4 Å². The number of ether oxygens (including phenoxy) is 2. The molecule has 1 aliphatic heterocycles. The molecule has 4 N–H and O–H groups in total. The third-order valence-corrected chi connectivity index (χ3v) is 6.53. The minimum absolute atomic E-state index is 0.135.